The van der Waals surface area contributed by atoms with E-state index in [1.165, 1.54) is 0 Å². The number of hydrogen-bond acceptors (Lipinski definition) is 1. The molecule has 3 aromatic carbocycles. The lowest BCUT2D eigenvalue weighted by atomic mass is 9.98. The SMILES string of the molecule is O=C(NC(c1ccccc1)c1ccccc1)c1cc(Br)ccc1Cl. The zero-order valence-corrected chi connectivity index (χ0v) is 15.1. The highest BCUT2D eigenvalue weighted by atomic mass is 79.9. The van der Waals surface area contributed by atoms with Gasteiger partial charge in [-0.15, -0.1) is 0 Å². The molecule has 0 aliphatic rings. The van der Waals surface area contributed by atoms with Crippen molar-refractivity contribution in [3.8, 4) is 0 Å². The van der Waals surface area contributed by atoms with Gasteiger partial charge in [0.15, 0.2) is 0 Å². The van der Waals surface area contributed by atoms with Crippen LogP contribution in [0.15, 0.2) is 83.3 Å². The zero-order chi connectivity index (χ0) is 16.9. The summed E-state index contributed by atoms with van der Waals surface area (Å²) >= 11 is 9.57. The summed E-state index contributed by atoms with van der Waals surface area (Å²) in [7, 11) is 0. The van der Waals surface area contributed by atoms with Gasteiger partial charge in [-0.05, 0) is 29.3 Å². The van der Waals surface area contributed by atoms with Crippen molar-refractivity contribution in [1.82, 2.24) is 5.32 Å². The first-order valence-corrected chi connectivity index (χ1v) is 8.68. The second kappa shape index (κ2) is 7.65. The van der Waals surface area contributed by atoms with Crippen LogP contribution in [0, 0.1) is 0 Å². The fourth-order valence-corrected chi connectivity index (χ4v) is 3.09. The van der Waals surface area contributed by atoms with Gasteiger partial charge < -0.3 is 5.32 Å². The van der Waals surface area contributed by atoms with Gasteiger partial charge in [0.05, 0.1) is 16.6 Å². The van der Waals surface area contributed by atoms with E-state index in [0.717, 1.165) is 15.6 Å². The summed E-state index contributed by atoms with van der Waals surface area (Å²) in [4.78, 5) is 12.8. The zero-order valence-electron chi connectivity index (χ0n) is 12.7. The number of rotatable bonds is 4. The molecule has 0 saturated heterocycles. The molecular weight excluding hydrogens is 386 g/mol. The molecule has 120 valence electrons. The Kier molecular flexibility index (Phi) is 5.34. The number of hydrogen-bond donors (Lipinski definition) is 1. The second-order valence-corrected chi connectivity index (χ2v) is 6.67. The standard InChI is InChI=1S/C20H15BrClNO/c21-16-11-12-18(22)17(13-16)20(24)23-19(14-7-3-1-4-8-14)15-9-5-2-6-10-15/h1-13,19H,(H,23,24). The third kappa shape index (κ3) is 3.86. The smallest absolute Gasteiger partial charge is 0.253 e. The van der Waals surface area contributed by atoms with E-state index in [4.69, 9.17) is 11.6 Å². The molecule has 3 rings (SSSR count). The van der Waals surface area contributed by atoms with Gasteiger partial charge in [0.2, 0.25) is 0 Å². The van der Waals surface area contributed by atoms with Gasteiger partial charge >= 0.3 is 0 Å². The summed E-state index contributed by atoms with van der Waals surface area (Å²) in [6.07, 6.45) is 0. The summed E-state index contributed by atoms with van der Waals surface area (Å²) in [6, 6.07) is 24.8. The maximum absolute atomic E-state index is 12.8. The first-order chi connectivity index (χ1) is 11.6. The predicted octanol–water partition coefficient (Wildman–Crippen LogP) is 5.62. The molecule has 0 saturated carbocycles. The van der Waals surface area contributed by atoms with E-state index in [9.17, 15) is 4.79 Å². The molecule has 24 heavy (non-hydrogen) atoms. The molecule has 0 unspecified atom stereocenters. The quantitative estimate of drug-likeness (QED) is 0.605. The Morgan fingerprint density at radius 3 is 1.96 bits per heavy atom. The highest BCUT2D eigenvalue weighted by molar-refractivity contribution is 9.10. The minimum atomic E-state index is -0.241. The van der Waals surface area contributed by atoms with Crippen molar-refractivity contribution in [2.75, 3.05) is 0 Å². The fourth-order valence-electron chi connectivity index (χ4n) is 2.53. The van der Waals surface area contributed by atoms with E-state index in [2.05, 4.69) is 21.2 Å². The van der Waals surface area contributed by atoms with Crippen molar-refractivity contribution in [2.45, 2.75) is 6.04 Å². The third-order valence-electron chi connectivity index (χ3n) is 3.71. The molecular formula is C20H15BrClNO. The van der Waals surface area contributed by atoms with Crippen LogP contribution in [-0.4, -0.2) is 5.91 Å². The van der Waals surface area contributed by atoms with Crippen LogP contribution in [0.2, 0.25) is 5.02 Å². The molecule has 0 fully saturated rings. The molecule has 0 aliphatic carbocycles. The summed E-state index contributed by atoms with van der Waals surface area (Å²) in [5.41, 5.74) is 2.48. The monoisotopic (exact) mass is 399 g/mol. The van der Waals surface area contributed by atoms with Crippen LogP contribution in [0.4, 0.5) is 0 Å². The van der Waals surface area contributed by atoms with Gasteiger partial charge in [-0.3, -0.25) is 4.79 Å². The fraction of sp³-hybridized carbons (Fsp3) is 0.0500. The van der Waals surface area contributed by atoms with E-state index >= 15 is 0 Å². The van der Waals surface area contributed by atoms with Gasteiger partial charge in [-0.2, -0.15) is 0 Å². The van der Waals surface area contributed by atoms with Crippen molar-refractivity contribution in [2.24, 2.45) is 0 Å². The topological polar surface area (TPSA) is 29.1 Å². The van der Waals surface area contributed by atoms with Crippen LogP contribution in [0.3, 0.4) is 0 Å². The largest absolute Gasteiger partial charge is 0.341 e. The van der Waals surface area contributed by atoms with Crippen LogP contribution in [0.5, 0.6) is 0 Å². The lowest BCUT2D eigenvalue weighted by Crippen LogP contribution is -2.29. The molecule has 0 spiro atoms. The molecule has 0 bridgehead atoms. The maximum atomic E-state index is 12.8. The Morgan fingerprint density at radius 1 is 0.875 bits per heavy atom. The van der Waals surface area contributed by atoms with Crippen LogP contribution >= 0.6 is 27.5 Å². The van der Waals surface area contributed by atoms with Gasteiger partial charge in [-0.1, -0.05) is 88.2 Å². The van der Waals surface area contributed by atoms with Gasteiger partial charge in [-0.25, -0.2) is 0 Å². The number of carbonyl (C=O) groups excluding carboxylic acids is 1. The molecule has 0 atom stereocenters. The highest BCUT2D eigenvalue weighted by Crippen LogP contribution is 2.25. The van der Waals surface area contributed by atoms with Gasteiger partial charge in [0.1, 0.15) is 0 Å². The van der Waals surface area contributed by atoms with E-state index in [1.807, 2.05) is 66.7 Å². The molecule has 1 amide bonds. The predicted molar refractivity (Wildman–Crippen MR) is 101 cm³/mol. The van der Waals surface area contributed by atoms with Crippen molar-refractivity contribution in [3.05, 3.63) is 105 Å². The Labute approximate surface area is 154 Å². The molecule has 2 nitrogen and oxygen atoms in total. The van der Waals surface area contributed by atoms with Crippen LogP contribution in [-0.2, 0) is 0 Å². The molecule has 0 aromatic heterocycles. The van der Waals surface area contributed by atoms with Crippen molar-refractivity contribution in [3.63, 3.8) is 0 Å². The van der Waals surface area contributed by atoms with E-state index < -0.39 is 0 Å². The van der Waals surface area contributed by atoms with Gasteiger partial charge in [0, 0.05) is 4.47 Å². The first-order valence-electron chi connectivity index (χ1n) is 7.51. The molecule has 0 heterocycles. The van der Waals surface area contributed by atoms with Crippen molar-refractivity contribution in [1.29, 1.82) is 0 Å². The molecule has 4 heteroatoms. The first kappa shape index (κ1) is 16.7. The Hall–Kier alpha value is -2.10. The summed E-state index contributed by atoms with van der Waals surface area (Å²) in [6.45, 7) is 0. The minimum Gasteiger partial charge on any atom is -0.341 e. The second-order valence-electron chi connectivity index (χ2n) is 5.35. The summed E-state index contributed by atoms with van der Waals surface area (Å²) in [5.74, 6) is -0.209. The minimum absolute atomic E-state index is 0.209. The summed E-state index contributed by atoms with van der Waals surface area (Å²) in [5, 5.41) is 3.52. The van der Waals surface area contributed by atoms with E-state index in [-0.39, 0.29) is 11.9 Å². The number of halogens is 2. The normalized spacial score (nSPS) is 10.6. The number of benzene rings is 3. The lowest BCUT2D eigenvalue weighted by molar-refractivity contribution is 0.0943. The average Bonchev–Trinajstić information content (AvgIpc) is 2.63. The molecule has 1 N–H and O–H groups in total. The Bertz CT molecular complexity index is 797. The maximum Gasteiger partial charge on any atom is 0.253 e. The van der Waals surface area contributed by atoms with E-state index in [0.29, 0.717) is 10.6 Å². The van der Waals surface area contributed by atoms with Gasteiger partial charge in [0.25, 0.3) is 5.91 Å². The third-order valence-corrected chi connectivity index (χ3v) is 4.54. The lowest BCUT2D eigenvalue weighted by Gasteiger charge is -2.20. The Morgan fingerprint density at radius 2 is 1.42 bits per heavy atom. The average molecular weight is 401 g/mol. The van der Waals surface area contributed by atoms with E-state index in [1.54, 1.807) is 12.1 Å². The number of amides is 1. The van der Waals surface area contributed by atoms with Crippen LogP contribution < -0.4 is 5.32 Å². The van der Waals surface area contributed by atoms with Crippen molar-refractivity contribution < 1.29 is 4.79 Å². The Balaban J connectivity index is 1.95. The summed E-state index contributed by atoms with van der Waals surface area (Å²) < 4.78 is 0.813. The highest BCUT2D eigenvalue weighted by Gasteiger charge is 2.19. The molecule has 0 aliphatic heterocycles. The van der Waals surface area contributed by atoms with Crippen LogP contribution in [0.25, 0.3) is 0 Å². The number of carbonyl (C=O) groups is 1. The van der Waals surface area contributed by atoms with Crippen molar-refractivity contribution >= 4 is 33.4 Å². The van der Waals surface area contributed by atoms with Crippen LogP contribution in [0.1, 0.15) is 27.5 Å². The molecule has 3 aromatic rings. The number of nitrogens with one attached hydrogen (secondary N) is 1. The molecule has 0 radical (unpaired) electrons.